The van der Waals surface area contributed by atoms with E-state index in [1.807, 2.05) is 12.3 Å². The second-order valence-corrected chi connectivity index (χ2v) is 5.40. The molecule has 1 amide bonds. The van der Waals surface area contributed by atoms with Gasteiger partial charge in [0.2, 0.25) is 5.91 Å². The molecule has 1 heterocycles. The molecule has 0 fully saturated rings. The highest BCUT2D eigenvalue weighted by atomic mass is 32.1. The first-order valence-electron chi connectivity index (χ1n) is 6.59. The Morgan fingerprint density at radius 1 is 1.50 bits per heavy atom. The SMILES string of the molecule is CCCC(C)NC(=O)CNC(CC)c1nccs1. The maximum Gasteiger partial charge on any atom is 0.234 e. The standard InChI is InChI=1S/C13H23N3OS/c1-4-6-10(3)16-12(17)9-15-11(5-2)13-14-7-8-18-13/h7-8,10-11,15H,4-6,9H2,1-3H3,(H,16,17). The lowest BCUT2D eigenvalue weighted by molar-refractivity contribution is -0.121. The summed E-state index contributed by atoms with van der Waals surface area (Å²) in [5.74, 6) is 0.0611. The predicted molar refractivity (Wildman–Crippen MR) is 75.7 cm³/mol. The Hall–Kier alpha value is -0.940. The first-order chi connectivity index (χ1) is 8.67. The molecule has 2 atom stereocenters. The number of hydrogen-bond acceptors (Lipinski definition) is 4. The molecule has 0 aliphatic carbocycles. The molecular formula is C13H23N3OS. The number of thiazole rings is 1. The molecule has 0 spiro atoms. The average molecular weight is 269 g/mol. The minimum atomic E-state index is 0.0611. The van der Waals surface area contributed by atoms with Crippen molar-refractivity contribution in [3.63, 3.8) is 0 Å². The highest BCUT2D eigenvalue weighted by Gasteiger charge is 2.13. The van der Waals surface area contributed by atoms with Crippen LogP contribution in [-0.4, -0.2) is 23.5 Å². The summed E-state index contributed by atoms with van der Waals surface area (Å²) in [6.45, 7) is 6.61. The number of amides is 1. The third-order valence-electron chi connectivity index (χ3n) is 2.80. The van der Waals surface area contributed by atoms with Gasteiger partial charge in [0.05, 0.1) is 12.6 Å². The molecule has 2 N–H and O–H groups in total. The summed E-state index contributed by atoms with van der Waals surface area (Å²) < 4.78 is 0. The molecule has 0 aliphatic rings. The molecule has 0 aliphatic heterocycles. The molecule has 0 saturated heterocycles. The van der Waals surface area contributed by atoms with Gasteiger partial charge in [-0.2, -0.15) is 0 Å². The summed E-state index contributed by atoms with van der Waals surface area (Å²) in [6.07, 6.45) is 4.85. The Bertz CT molecular complexity index is 340. The first-order valence-corrected chi connectivity index (χ1v) is 7.47. The van der Waals surface area contributed by atoms with Gasteiger partial charge in [0.15, 0.2) is 0 Å². The zero-order valence-electron chi connectivity index (χ0n) is 11.4. The molecule has 0 radical (unpaired) electrons. The molecule has 2 unspecified atom stereocenters. The van der Waals surface area contributed by atoms with E-state index in [0.717, 1.165) is 24.3 Å². The van der Waals surface area contributed by atoms with Crippen molar-refractivity contribution in [3.05, 3.63) is 16.6 Å². The number of nitrogens with one attached hydrogen (secondary N) is 2. The summed E-state index contributed by atoms with van der Waals surface area (Å²) in [7, 11) is 0. The number of rotatable bonds is 8. The van der Waals surface area contributed by atoms with E-state index in [1.54, 1.807) is 17.5 Å². The Labute approximate surface area is 113 Å². The van der Waals surface area contributed by atoms with Gasteiger partial charge in [-0.05, 0) is 19.8 Å². The fraction of sp³-hybridized carbons (Fsp3) is 0.692. The number of carbonyl (C=O) groups is 1. The zero-order chi connectivity index (χ0) is 13.4. The normalized spacial score (nSPS) is 14.2. The van der Waals surface area contributed by atoms with Crippen LogP contribution >= 0.6 is 11.3 Å². The van der Waals surface area contributed by atoms with Gasteiger partial charge in [0.25, 0.3) is 0 Å². The van der Waals surface area contributed by atoms with Crippen molar-refractivity contribution in [1.82, 2.24) is 15.6 Å². The van der Waals surface area contributed by atoms with Gasteiger partial charge in [-0.1, -0.05) is 20.3 Å². The minimum absolute atomic E-state index is 0.0611. The largest absolute Gasteiger partial charge is 0.353 e. The van der Waals surface area contributed by atoms with Crippen LogP contribution in [0.15, 0.2) is 11.6 Å². The van der Waals surface area contributed by atoms with Crippen LogP contribution in [-0.2, 0) is 4.79 Å². The van der Waals surface area contributed by atoms with Gasteiger partial charge in [-0.3, -0.25) is 10.1 Å². The highest BCUT2D eigenvalue weighted by molar-refractivity contribution is 7.09. The highest BCUT2D eigenvalue weighted by Crippen LogP contribution is 2.18. The molecule has 0 bridgehead atoms. The van der Waals surface area contributed by atoms with E-state index in [4.69, 9.17) is 0 Å². The Balaban J connectivity index is 2.32. The zero-order valence-corrected chi connectivity index (χ0v) is 12.2. The van der Waals surface area contributed by atoms with E-state index in [9.17, 15) is 4.79 Å². The fourth-order valence-electron chi connectivity index (χ4n) is 1.86. The van der Waals surface area contributed by atoms with Crippen molar-refractivity contribution >= 4 is 17.2 Å². The first kappa shape index (κ1) is 15.1. The van der Waals surface area contributed by atoms with E-state index >= 15 is 0 Å². The Morgan fingerprint density at radius 3 is 2.83 bits per heavy atom. The maximum absolute atomic E-state index is 11.7. The lowest BCUT2D eigenvalue weighted by Crippen LogP contribution is -2.40. The number of hydrogen-bond donors (Lipinski definition) is 2. The maximum atomic E-state index is 11.7. The van der Waals surface area contributed by atoms with Gasteiger partial charge in [0, 0.05) is 17.6 Å². The van der Waals surface area contributed by atoms with E-state index in [2.05, 4.69) is 29.5 Å². The summed E-state index contributed by atoms with van der Waals surface area (Å²) in [5.41, 5.74) is 0. The molecule has 5 heteroatoms. The van der Waals surface area contributed by atoms with Gasteiger partial charge in [-0.15, -0.1) is 11.3 Å². The monoisotopic (exact) mass is 269 g/mol. The van der Waals surface area contributed by atoms with Crippen LogP contribution in [0.2, 0.25) is 0 Å². The third-order valence-corrected chi connectivity index (χ3v) is 3.69. The third kappa shape index (κ3) is 5.14. The Morgan fingerprint density at radius 2 is 2.28 bits per heavy atom. The van der Waals surface area contributed by atoms with E-state index in [-0.39, 0.29) is 18.0 Å². The summed E-state index contributed by atoms with van der Waals surface area (Å²) in [6, 6.07) is 0.432. The molecule has 4 nitrogen and oxygen atoms in total. The van der Waals surface area contributed by atoms with Crippen molar-refractivity contribution in [2.24, 2.45) is 0 Å². The summed E-state index contributed by atoms with van der Waals surface area (Å²) >= 11 is 1.62. The topological polar surface area (TPSA) is 54.0 Å². The van der Waals surface area contributed by atoms with Crippen molar-refractivity contribution in [2.45, 2.75) is 52.1 Å². The fourth-order valence-corrected chi connectivity index (χ4v) is 2.66. The second kappa shape index (κ2) is 8.21. The van der Waals surface area contributed by atoms with Crippen LogP contribution in [0, 0.1) is 0 Å². The van der Waals surface area contributed by atoms with Gasteiger partial charge in [0.1, 0.15) is 5.01 Å². The molecule has 0 saturated carbocycles. The smallest absolute Gasteiger partial charge is 0.234 e. The lowest BCUT2D eigenvalue weighted by Gasteiger charge is -2.16. The molecule has 102 valence electrons. The second-order valence-electron chi connectivity index (χ2n) is 4.47. The quantitative estimate of drug-likeness (QED) is 0.762. The van der Waals surface area contributed by atoms with Gasteiger partial charge < -0.3 is 5.32 Å². The molecule has 18 heavy (non-hydrogen) atoms. The van der Waals surface area contributed by atoms with Crippen LogP contribution < -0.4 is 10.6 Å². The van der Waals surface area contributed by atoms with Crippen molar-refractivity contribution < 1.29 is 4.79 Å². The van der Waals surface area contributed by atoms with E-state index < -0.39 is 0 Å². The summed E-state index contributed by atoms with van der Waals surface area (Å²) in [4.78, 5) is 16.0. The molecule has 1 aromatic rings. The van der Waals surface area contributed by atoms with Crippen LogP contribution in [0.1, 0.15) is 51.1 Å². The number of aromatic nitrogens is 1. The van der Waals surface area contributed by atoms with Gasteiger partial charge >= 0.3 is 0 Å². The van der Waals surface area contributed by atoms with Crippen LogP contribution in [0.5, 0.6) is 0 Å². The molecule has 0 aromatic carbocycles. The molecule has 1 aromatic heterocycles. The number of carbonyl (C=O) groups excluding carboxylic acids is 1. The van der Waals surface area contributed by atoms with Crippen LogP contribution in [0.4, 0.5) is 0 Å². The van der Waals surface area contributed by atoms with Crippen LogP contribution in [0.3, 0.4) is 0 Å². The molecule has 1 rings (SSSR count). The van der Waals surface area contributed by atoms with E-state index in [0.29, 0.717) is 6.54 Å². The van der Waals surface area contributed by atoms with Crippen LogP contribution in [0.25, 0.3) is 0 Å². The van der Waals surface area contributed by atoms with Crippen molar-refractivity contribution in [1.29, 1.82) is 0 Å². The Kier molecular flexibility index (Phi) is 6.90. The lowest BCUT2D eigenvalue weighted by atomic mass is 10.2. The number of nitrogens with zero attached hydrogens (tertiary/aromatic N) is 1. The van der Waals surface area contributed by atoms with Gasteiger partial charge in [-0.25, -0.2) is 4.98 Å². The predicted octanol–water partition coefficient (Wildman–Crippen LogP) is 2.49. The summed E-state index contributed by atoms with van der Waals surface area (Å²) in [5, 5.41) is 9.25. The van der Waals surface area contributed by atoms with Crippen molar-refractivity contribution in [2.75, 3.05) is 6.54 Å². The average Bonchev–Trinajstić information content (AvgIpc) is 2.83. The minimum Gasteiger partial charge on any atom is -0.353 e. The van der Waals surface area contributed by atoms with E-state index in [1.165, 1.54) is 0 Å². The molecular weight excluding hydrogens is 246 g/mol. The van der Waals surface area contributed by atoms with Crippen molar-refractivity contribution in [3.8, 4) is 0 Å².